The van der Waals surface area contributed by atoms with Gasteiger partial charge in [0.15, 0.2) is 6.61 Å². The van der Waals surface area contributed by atoms with E-state index in [1.54, 1.807) is 18.5 Å². The van der Waals surface area contributed by atoms with Gasteiger partial charge in [0.25, 0.3) is 5.19 Å². The molecular weight excluding hydrogens is 178 g/mol. The van der Waals surface area contributed by atoms with Crippen molar-refractivity contribution >= 4 is 17.3 Å². The first kappa shape index (κ1) is 8.99. The number of hydrogen-bond acceptors (Lipinski definition) is 5. The zero-order valence-corrected chi connectivity index (χ0v) is 7.47. The SMILES string of the molecule is CCOC(=O)COc1nccs1. The zero-order chi connectivity index (χ0) is 8.81. The van der Waals surface area contributed by atoms with Crippen LogP contribution in [0, 0.1) is 0 Å². The molecule has 0 aliphatic carbocycles. The van der Waals surface area contributed by atoms with Crippen molar-refractivity contribution in [2.45, 2.75) is 6.92 Å². The van der Waals surface area contributed by atoms with Crippen LogP contribution in [0.2, 0.25) is 0 Å². The molecule has 0 radical (unpaired) electrons. The third-order valence-corrected chi connectivity index (χ3v) is 1.71. The molecule has 1 rings (SSSR count). The molecular formula is C7H9NO3S. The van der Waals surface area contributed by atoms with Crippen molar-refractivity contribution < 1.29 is 14.3 Å². The molecule has 66 valence electrons. The summed E-state index contributed by atoms with van der Waals surface area (Å²) < 4.78 is 9.65. The van der Waals surface area contributed by atoms with E-state index in [0.717, 1.165) is 0 Å². The number of ether oxygens (including phenoxy) is 2. The van der Waals surface area contributed by atoms with E-state index in [4.69, 9.17) is 4.74 Å². The highest BCUT2D eigenvalue weighted by Crippen LogP contribution is 2.12. The molecule has 0 N–H and O–H groups in total. The Morgan fingerprint density at radius 2 is 2.58 bits per heavy atom. The molecule has 0 aliphatic rings. The van der Waals surface area contributed by atoms with Gasteiger partial charge in [-0.3, -0.25) is 0 Å². The first-order valence-corrected chi connectivity index (χ1v) is 4.39. The molecule has 0 aromatic carbocycles. The van der Waals surface area contributed by atoms with Crippen molar-refractivity contribution in [2.24, 2.45) is 0 Å². The van der Waals surface area contributed by atoms with Crippen LogP contribution in [0.25, 0.3) is 0 Å². The summed E-state index contributed by atoms with van der Waals surface area (Å²) in [6.45, 7) is 2.06. The Hall–Kier alpha value is -1.10. The van der Waals surface area contributed by atoms with Gasteiger partial charge in [-0.15, -0.1) is 0 Å². The molecule has 0 atom stereocenters. The van der Waals surface area contributed by atoms with Gasteiger partial charge in [0.1, 0.15) is 0 Å². The van der Waals surface area contributed by atoms with Gasteiger partial charge in [0.2, 0.25) is 0 Å². The van der Waals surface area contributed by atoms with Crippen molar-refractivity contribution in [2.75, 3.05) is 13.2 Å². The number of carbonyl (C=O) groups excluding carboxylic acids is 1. The summed E-state index contributed by atoms with van der Waals surface area (Å²) in [6.07, 6.45) is 1.62. The minimum absolute atomic E-state index is 0.0681. The Labute approximate surface area is 74.1 Å². The monoisotopic (exact) mass is 187 g/mol. The Balaban J connectivity index is 2.22. The third-order valence-electron chi connectivity index (χ3n) is 1.03. The van der Waals surface area contributed by atoms with Crippen LogP contribution >= 0.6 is 11.3 Å². The Morgan fingerprint density at radius 3 is 3.17 bits per heavy atom. The summed E-state index contributed by atoms with van der Waals surface area (Å²) in [7, 11) is 0. The molecule has 0 amide bonds. The molecule has 0 saturated heterocycles. The minimum Gasteiger partial charge on any atom is -0.463 e. The second-order valence-electron chi connectivity index (χ2n) is 1.89. The summed E-state index contributed by atoms with van der Waals surface area (Å²) in [6, 6.07) is 0. The quantitative estimate of drug-likeness (QED) is 0.662. The van der Waals surface area contributed by atoms with Crippen molar-refractivity contribution in [1.82, 2.24) is 4.98 Å². The summed E-state index contributed by atoms with van der Waals surface area (Å²) in [4.78, 5) is 14.6. The molecule has 4 nitrogen and oxygen atoms in total. The fraction of sp³-hybridized carbons (Fsp3) is 0.429. The maximum atomic E-state index is 10.8. The van der Waals surface area contributed by atoms with Gasteiger partial charge in [0, 0.05) is 11.6 Å². The summed E-state index contributed by atoms with van der Waals surface area (Å²) >= 11 is 1.34. The van der Waals surface area contributed by atoms with Crippen molar-refractivity contribution in [3.63, 3.8) is 0 Å². The molecule has 0 bridgehead atoms. The Bertz CT molecular complexity index is 235. The highest BCUT2D eigenvalue weighted by Gasteiger charge is 2.03. The van der Waals surface area contributed by atoms with Gasteiger partial charge in [-0.25, -0.2) is 9.78 Å². The van der Waals surface area contributed by atoms with E-state index >= 15 is 0 Å². The molecule has 0 saturated carbocycles. The largest absolute Gasteiger partial charge is 0.463 e. The number of rotatable bonds is 4. The summed E-state index contributed by atoms with van der Waals surface area (Å²) in [5, 5.41) is 2.27. The van der Waals surface area contributed by atoms with Crippen LogP contribution in [0.4, 0.5) is 0 Å². The molecule has 0 unspecified atom stereocenters. The third kappa shape index (κ3) is 2.87. The second-order valence-corrected chi connectivity index (χ2v) is 2.75. The van der Waals surface area contributed by atoms with E-state index in [0.29, 0.717) is 11.8 Å². The lowest BCUT2D eigenvalue weighted by Crippen LogP contribution is -2.14. The van der Waals surface area contributed by atoms with Crippen molar-refractivity contribution in [3.8, 4) is 5.19 Å². The fourth-order valence-electron chi connectivity index (χ4n) is 0.605. The van der Waals surface area contributed by atoms with Crippen LogP contribution in [0.1, 0.15) is 6.92 Å². The topological polar surface area (TPSA) is 48.4 Å². The van der Waals surface area contributed by atoms with Crippen LogP contribution in [-0.2, 0) is 9.53 Å². The fourth-order valence-corrected chi connectivity index (χ4v) is 1.09. The number of thiazole rings is 1. The Morgan fingerprint density at radius 1 is 1.75 bits per heavy atom. The standard InChI is InChI=1S/C7H9NO3S/c1-2-10-6(9)5-11-7-8-3-4-12-7/h3-4H,2,5H2,1H3. The zero-order valence-electron chi connectivity index (χ0n) is 6.65. The molecule has 1 aromatic rings. The van der Waals surface area contributed by atoms with E-state index in [9.17, 15) is 4.79 Å². The Kier molecular flexibility index (Phi) is 3.53. The number of hydrogen-bond donors (Lipinski definition) is 0. The molecule has 1 heterocycles. The van der Waals surface area contributed by atoms with Crippen LogP contribution in [0.3, 0.4) is 0 Å². The van der Waals surface area contributed by atoms with Crippen LogP contribution < -0.4 is 4.74 Å². The van der Waals surface area contributed by atoms with Gasteiger partial charge in [-0.2, -0.15) is 0 Å². The molecule has 1 aromatic heterocycles. The maximum Gasteiger partial charge on any atom is 0.344 e. The van der Waals surface area contributed by atoms with Crippen molar-refractivity contribution in [3.05, 3.63) is 11.6 Å². The number of esters is 1. The number of nitrogens with zero attached hydrogens (tertiary/aromatic N) is 1. The predicted octanol–water partition coefficient (Wildman–Crippen LogP) is 1.08. The number of aromatic nitrogens is 1. The van der Waals surface area contributed by atoms with Crippen LogP contribution in [-0.4, -0.2) is 24.2 Å². The smallest absolute Gasteiger partial charge is 0.344 e. The average Bonchev–Trinajstić information content (AvgIpc) is 2.53. The van der Waals surface area contributed by atoms with Gasteiger partial charge < -0.3 is 9.47 Å². The van der Waals surface area contributed by atoms with Gasteiger partial charge in [-0.1, -0.05) is 11.3 Å². The maximum absolute atomic E-state index is 10.8. The highest BCUT2D eigenvalue weighted by atomic mass is 32.1. The van der Waals surface area contributed by atoms with Gasteiger partial charge in [0.05, 0.1) is 6.61 Å². The molecule has 0 spiro atoms. The van der Waals surface area contributed by atoms with Crippen molar-refractivity contribution in [1.29, 1.82) is 0 Å². The lowest BCUT2D eigenvalue weighted by molar-refractivity contribution is -0.145. The lowest BCUT2D eigenvalue weighted by atomic mass is 10.7. The van der Waals surface area contributed by atoms with Gasteiger partial charge in [-0.05, 0) is 6.92 Å². The van der Waals surface area contributed by atoms with Crippen LogP contribution in [0.5, 0.6) is 5.19 Å². The molecule has 12 heavy (non-hydrogen) atoms. The average molecular weight is 187 g/mol. The lowest BCUT2D eigenvalue weighted by Gasteiger charge is -2.00. The van der Waals surface area contributed by atoms with Crippen LogP contribution in [0.15, 0.2) is 11.6 Å². The predicted molar refractivity (Wildman–Crippen MR) is 44.2 cm³/mol. The van der Waals surface area contributed by atoms with Gasteiger partial charge >= 0.3 is 5.97 Å². The normalized spacial score (nSPS) is 9.42. The first-order valence-electron chi connectivity index (χ1n) is 3.51. The summed E-state index contributed by atoms with van der Waals surface area (Å²) in [5.41, 5.74) is 0. The summed E-state index contributed by atoms with van der Waals surface area (Å²) in [5.74, 6) is -0.368. The van der Waals surface area contributed by atoms with E-state index in [-0.39, 0.29) is 12.6 Å². The number of carbonyl (C=O) groups is 1. The molecule has 5 heteroatoms. The van der Waals surface area contributed by atoms with E-state index in [2.05, 4.69) is 9.72 Å². The highest BCUT2D eigenvalue weighted by molar-refractivity contribution is 7.11. The first-order chi connectivity index (χ1) is 5.83. The second kappa shape index (κ2) is 4.71. The molecule has 0 fully saturated rings. The van der Waals surface area contributed by atoms with E-state index < -0.39 is 0 Å². The van der Waals surface area contributed by atoms with E-state index in [1.165, 1.54) is 11.3 Å². The van der Waals surface area contributed by atoms with E-state index in [1.807, 2.05) is 0 Å². The molecule has 0 aliphatic heterocycles. The minimum atomic E-state index is -0.368.